The minimum Gasteiger partial charge on any atom is -0.341 e. The Morgan fingerprint density at radius 1 is 1.53 bits per heavy atom. The normalized spacial score (nSPS) is 10.1. The monoisotopic (exact) mass is 309 g/mol. The fraction of sp³-hybridized carbons (Fsp3) is 0.300. The maximum atomic E-state index is 11.8. The van der Waals surface area contributed by atoms with Gasteiger partial charge in [0.25, 0.3) is 5.91 Å². The first-order valence-electron chi connectivity index (χ1n) is 4.32. The highest BCUT2D eigenvalue weighted by Crippen LogP contribution is 2.23. The molecule has 1 amide bonds. The van der Waals surface area contributed by atoms with Gasteiger partial charge in [-0.25, -0.2) is 0 Å². The summed E-state index contributed by atoms with van der Waals surface area (Å²) < 4.78 is 0.778. The number of alkyl halides is 1. The first-order chi connectivity index (χ1) is 7.06. The summed E-state index contributed by atoms with van der Waals surface area (Å²) in [4.78, 5) is 13.4. The van der Waals surface area contributed by atoms with Crippen LogP contribution in [-0.4, -0.2) is 30.3 Å². The van der Waals surface area contributed by atoms with Crippen LogP contribution in [-0.2, 0) is 0 Å². The number of carbonyl (C=O) groups is 1. The molecule has 0 radical (unpaired) electrons. The van der Waals surface area contributed by atoms with Crippen molar-refractivity contribution in [1.82, 2.24) is 4.90 Å². The molecule has 0 saturated carbocycles. The maximum absolute atomic E-state index is 11.8. The van der Waals surface area contributed by atoms with Gasteiger partial charge >= 0.3 is 0 Å². The minimum atomic E-state index is -0.0787. The van der Waals surface area contributed by atoms with E-state index in [4.69, 9.17) is 23.2 Å². The van der Waals surface area contributed by atoms with Crippen molar-refractivity contribution in [2.24, 2.45) is 0 Å². The molecule has 0 aliphatic heterocycles. The number of amides is 1. The van der Waals surface area contributed by atoms with E-state index in [0.717, 1.165) is 4.47 Å². The standard InChI is InChI=1S/C10H10BrCl2NO/c1-14(5-4-12)10(15)7-2-3-8(11)9(13)6-7/h2-3,6H,4-5H2,1H3. The van der Waals surface area contributed by atoms with Crippen molar-refractivity contribution in [3.8, 4) is 0 Å². The van der Waals surface area contributed by atoms with Gasteiger partial charge in [-0.2, -0.15) is 0 Å². The van der Waals surface area contributed by atoms with Crippen molar-refractivity contribution in [3.63, 3.8) is 0 Å². The van der Waals surface area contributed by atoms with Gasteiger partial charge in [0.15, 0.2) is 0 Å². The van der Waals surface area contributed by atoms with Crippen molar-refractivity contribution in [1.29, 1.82) is 0 Å². The minimum absolute atomic E-state index is 0.0787. The highest BCUT2D eigenvalue weighted by molar-refractivity contribution is 9.10. The maximum Gasteiger partial charge on any atom is 0.253 e. The predicted molar refractivity (Wildman–Crippen MR) is 66.8 cm³/mol. The third kappa shape index (κ3) is 3.37. The van der Waals surface area contributed by atoms with Gasteiger partial charge in [0.05, 0.1) is 5.02 Å². The van der Waals surface area contributed by atoms with Gasteiger partial charge in [-0.15, -0.1) is 11.6 Å². The molecule has 0 spiro atoms. The SMILES string of the molecule is CN(CCCl)C(=O)c1ccc(Br)c(Cl)c1. The van der Waals surface area contributed by atoms with Crippen LogP contribution in [0.5, 0.6) is 0 Å². The molecular weight excluding hydrogens is 301 g/mol. The van der Waals surface area contributed by atoms with Crippen LogP contribution in [0.3, 0.4) is 0 Å². The van der Waals surface area contributed by atoms with Gasteiger partial charge in [-0.3, -0.25) is 4.79 Å². The molecule has 1 rings (SSSR count). The molecule has 0 aromatic heterocycles. The topological polar surface area (TPSA) is 20.3 Å². The summed E-state index contributed by atoms with van der Waals surface area (Å²) in [5, 5.41) is 0.528. The lowest BCUT2D eigenvalue weighted by atomic mass is 10.2. The molecule has 2 nitrogen and oxygen atoms in total. The second-order valence-electron chi connectivity index (χ2n) is 3.04. The first kappa shape index (κ1) is 12.8. The largest absolute Gasteiger partial charge is 0.341 e. The average Bonchev–Trinajstić information content (AvgIpc) is 2.21. The van der Waals surface area contributed by atoms with Crippen molar-refractivity contribution < 1.29 is 4.79 Å². The number of halogens is 3. The lowest BCUT2D eigenvalue weighted by Crippen LogP contribution is -2.28. The summed E-state index contributed by atoms with van der Waals surface area (Å²) in [5.41, 5.74) is 0.566. The number of carbonyl (C=O) groups excluding carboxylic acids is 1. The molecule has 15 heavy (non-hydrogen) atoms. The second-order valence-corrected chi connectivity index (χ2v) is 4.68. The Morgan fingerprint density at radius 3 is 2.73 bits per heavy atom. The molecule has 0 aliphatic rings. The molecule has 5 heteroatoms. The zero-order valence-corrected chi connectivity index (χ0v) is 11.2. The first-order valence-corrected chi connectivity index (χ1v) is 6.03. The van der Waals surface area contributed by atoms with Crippen molar-refractivity contribution >= 4 is 45.0 Å². The van der Waals surface area contributed by atoms with E-state index in [0.29, 0.717) is 23.0 Å². The number of hydrogen-bond acceptors (Lipinski definition) is 1. The van der Waals surface area contributed by atoms with Gasteiger partial charge in [-0.05, 0) is 34.1 Å². The number of hydrogen-bond donors (Lipinski definition) is 0. The van der Waals surface area contributed by atoms with Crippen LogP contribution < -0.4 is 0 Å². The van der Waals surface area contributed by atoms with E-state index < -0.39 is 0 Å². The Balaban J connectivity index is 2.87. The summed E-state index contributed by atoms with van der Waals surface area (Å²) in [6.07, 6.45) is 0. The molecule has 0 atom stereocenters. The summed E-state index contributed by atoms with van der Waals surface area (Å²) in [7, 11) is 1.71. The summed E-state index contributed by atoms with van der Waals surface area (Å²) in [5.74, 6) is 0.344. The zero-order valence-electron chi connectivity index (χ0n) is 8.14. The highest BCUT2D eigenvalue weighted by atomic mass is 79.9. The van der Waals surface area contributed by atoms with Crippen LogP contribution in [0.15, 0.2) is 22.7 Å². The summed E-state index contributed by atoms with van der Waals surface area (Å²) >= 11 is 14.7. The van der Waals surface area contributed by atoms with Crippen LogP contribution in [0.25, 0.3) is 0 Å². The van der Waals surface area contributed by atoms with E-state index >= 15 is 0 Å². The van der Waals surface area contributed by atoms with Crippen LogP contribution in [0.4, 0.5) is 0 Å². The fourth-order valence-electron chi connectivity index (χ4n) is 1.08. The average molecular weight is 311 g/mol. The number of rotatable bonds is 3. The Morgan fingerprint density at radius 2 is 2.20 bits per heavy atom. The second kappa shape index (κ2) is 5.73. The molecule has 0 N–H and O–H groups in total. The molecule has 82 valence electrons. The number of benzene rings is 1. The van der Waals surface area contributed by atoms with E-state index in [-0.39, 0.29) is 5.91 Å². The quantitative estimate of drug-likeness (QED) is 0.783. The lowest BCUT2D eigenvalue weighted by molar-refractivity contribution is 0.0803. The third-order valence-corrected chi connectivity index (χ3v) is 3.33. The van der Waals surface area contributed by atoms with Gasteiger partial charge in [0.1, 0.15) is 0 Å². The molecule has 1 aromatic carbocycles. The Hall–Kier alpha value is -0.250. The van der Waals surface area contributed by atoms with Crippen LogP contribution in [0.2, 0.25) is 5.02 Å². The van der Waals surface area contributed by atoms with E-state index in [1.54, 1.807) is 30.1 Å². The smallest absolute Gasteiger partial charge is 0.253 e. The van der Waals surface area contributed by atoms with Crippen molar-refractivity contribution in [3.05, 3.63) is 33.3 Å². The van der Waals surface area contributed by atoms with Crippen LogP contribution >= 0.6 is 39.1 Å². The molecular formula is C10H10BrCl2NO. The zero-order chi connectivity index (χ0) is 11.4. The van der Waals surface area contributed by atoms with E-state index in [1.807, 2.05) is 0 Å². The third-order valence-electron chi connectivity index (χ3n) is 1.93. The molecule has 0 heterocycles. The number of nitrogens with zero attached hydrogens (tertiary/aromatic N) is 1. The van der Waals surface area contributed by atoms with Gasteiger partial charge in [0, 0.05) is 29.5 Å². The predicted octanol–water partition coefficient (Wildman–Crippen LogP) is 3.41. The van der Waals surface area contributed by atoms with Crippen molar-refractivity contribution in [2.45, 2.75) is 0 Å². The summed E-state index contributed by atoms with van der Waals surface area (Å²) in [6, 6.07) is 5.12. The van der Waals surface area contributed by atoms with E-state index in [9.17, 15) is 4.79 Å². The van der Waals surface area contributed by atoms with E-state index in [2.05, 4.69) is 15.9 Å². The Labute approximate surface area is 107 Å². The van der Waals surface area contributed by atoms with Crippen LogP contribution in [0.1, 0.15) is 10.4 Å². The lowest BCUT2D eigenvalue weighted by Gasteiger charge is -2.15. The van der Waals surface area contributed by atoms with Gasteiger partial charge in [0.2, 0.25) is 0 Å². The van der Waals surface area contributed by atoms with Crippen LogP contribution in [0, 0.1) is 0 Å². The fourth-order valence-corrected chi connectivity index (χ4v) is 1.76. The Bertz CT molecular complexity index is 370. The molecule has 0 fully saturated rings. The van der Waals surface area contributed by atoms with Gasteiger partial charge < -0.3 is 4.90 Å². The highest BCUT2D eigenvalue weighted by Gasteiger charge is 2.11. The molecule has 0 saturated heterocycles. The van der Waals surface area contributed by atoms with Crippen molar-refractivity contribution in [2.75, 3.05) is 19.5 Å². The summed E-state index contributed by atoms with van der Waals surface area (Å²) in [6.45, 7) is 0.522. The molecule has 1 aromatic rings. The molecule has 0 unspecified atom stereocenters. The molecule has 0 bridgehead atoms. The van der Waals surface area contributed by atoms with E-state index in [1.165, 1.54) is 0 Å². The molecule has 0 aliphatic carbocycles. The van der Waals surface area contributed by atoms with Gasteiger partial charge in [-0.1, -0.05) is 11.6 Å². The Kier molecular flexibility index (Phi) is 4.90.